The van der Waals surface area contributed by atoms with Gasteiger partial charge in [0.15, 0.2) is 0 Å². The Kier molecular flexibility index (Phi) is 7.28. The number of sulfonamides is 1. The van der Waals surface area contributed by atoms with Crippen LogP contribution in [-0.2, 0) is 21.2 Å². The summed E-state index contributed by atoms with van der Waals surface area (Å²) in [5.74, 6) is 0.315. The molecule has 1 saturated carbocycles. The Morgan fingerprint density at radius 3 is 2.64 bits per heavy atom. The van der Waals surface area contributed by atoms with Crippen LogP contribution in [0.25, 0.3) is 0 Å². The number of amides is 1. The molecule has 1 aromatic rings. The Morgan fingerprint density at radius 2 is 1.96 bits per heavy atom. The fraction of sp³-hybridized carbons (Fsp3) is 0.688. The zero-order valence-corrected chi connectivity index (χ0v) is 16.6. The van der Waals surface area contributed by atoms with Gasteiger partial charge in [0.05, 0.1) is 6.42 Å². The Bertz CT molecular complexity index is 687. The maximum absolute atomic E-state index is 12.5. The zero-order chi connectivity index (χ0) is 17.2. The van der Waals surface area contributed by atoms with Gasteiger partial charge in [-0.3, -0.25) is 4.79 Å². The number of carbonyl (C=O) groups is 1. The zero-order valence-electron chi connectivity index (χ0n) is 14.1. The summed E-state index contributed by atoms with van der Waals surface area (Å²) >= 11 is 1.20. The highest BCUT2D eigenvalue weighted by Crippen LogP contribution is 2.28. The van der Waals surface area contributed by atoms with Crippen LogP contribution in [-0.4, -0.2) is 44.3 Å². The first-order chi connectivity index (χ1) is 11.5. The summed E-state index contributed by atoms with van der Waals surface area (Å²) in [5, 5.41) is 3.06. The van der Waals surface area contributed by atoms with E-state index in [1.54, 1.807) is 12.1 Å². The van der Waals surface area contributed by atoms with Gasteiger partial charge in [-0.05, 0) is 50.3 Å². The third kappa shape index (κ3) is 4.74. The van der Waals surface area contributed by atoms with Crippen LogP contribution >= 0.6 is 23.7 Å². The van der Waals surface area contributed by atoms with Crippen LogP contribution in [0.5, 0.6) is 0 Å². The van der Waals surface area contributed by atoms with Crippen LogP contribution in [0.15, 0.2) is 16.3 Å². The van der Waals surface area contributed by atoms with Crippen molar-refractivity contribution in [3.63, 3.8) is 0 Å². The average Bonchev–Trinajstić information content (AvgIpc) is 3.28. The summed E-state index contributed by atoms with van der Waals surface area (Å²) in [6.07, 6.45) is 5.22. The van der Waals surface area contributed by atoms with E-state index in [2.05, 4.69) is 5.32 Å². The van der Waals surface area contributed by atoms with Gasteiger partial charge >= 0.3 is 0 Å². The number of rotatable bonds is 6. The van der Waals surface area contributed by atoms with Crippen molar-refractivity contribution in [1.82, 2.24) is 9.62 Å². The fourth-order valence-corrected chi connectivity index (χ4v) is 6.60. The molecular weight excluding hydrogens is 382 g/mol. The Morgan fingerprint density at radius 1 is 1.24 bits per heavy atom. The molecule has 1 saturated heterocycles. The van der Waals surface area contributed by atoms with Crippen molar-refractivity contribution >= 4 is 39.7 Å². The normalized spacial score (nSPS) is 24.2. The number of hydrogen-bond acceptors (Lipinski definition) is 5. The van der Waals surface area contributed by atoms with E-state index in [9.17, 15) is 13.2 Å². The van der Waals surface area contributed by atoms with Gasteiger partial charge in [0.1, 0.15) is 4.21 Å². The molecule has 6 nitrogen and oxygen atoms in total. The highest BCUT2D eigenvalue weighted by Gasteiger charge is 2.29. The number of halogens is 1. The molecule has 1 amide bonds. The predicted molar refractivity (Wildman–Crippen MR) is 102 cm³/mol. The lowest BCUT2D eigenvalue weighted by Crippen LogP contribution is -2.40. The summed E-state index contributed by atoms with van der Waals surface area (Å²) in [7, 11) is -3.39. The summed E-state index contributed by atoms with van der Waals surface area (Å²) in [6.45, 7) is 1.79. The van der Waals surface area contributed by atoms with Gasteiger partial charge in [-0.1, -0.05) is 6.42 Å². The van der Waals surface area contributed by atoms with E-state index in [0.717, 1.165) is 37.0 Å². The molecule has 2 aliphatic rings. The SMILES string of the molecule is Cl.NCC1CCCC1NC(=O)Cc1ccc(S(=O)(=O)N2CCCC2)s1. The van der Waals surface area contributed by atoms with Crippen LogP contribution in [0.2, 0.25) is 0 Å². The van der Waals surface area contributed by atoms with Crippen molar-refractivity contribution in [2.24, 2.45) is 11.7 Å². The lowest BCUT2D eigenvalue weighted by molar-refractivity contribution is -0.121. The smallest absolute Gasteiger partial charge is 0.252 e. The van der Waals surface area contributed by atoms with Crippen LogP contribution in [0.4, 0.5) is 0 Å². The van der Waals surface area contributed by atoms with E-state index in [4.69, 9.17) is 5.73 Å². The largest absolute Gasteiger partial charge is 0.353 e. The standard InChI is InChI=1S/C16H25N3O3S2.ClH/c17-11-12-4-3-5-14(12)18-15(20)10-13-6-7-16(23-13)24(21,22)19-8-1-2-9-19;/h6-7,12,14H,1-5,8-11,17H2,(H,18,20);1H. The van der Waals surface area contributed by atoms with E-state index in [1.165, 1.54) is 15.6 Å². The second kappa shape index (κ2) is 8.81. The lowest BCUT2D eigenvalue weighted by atomic mass is 10.0. The van der Waals surface area contributed by atoms with Gasteiger partial charge in [0.2, 0.25) is 5.91 Å². The monoisotopic (exact) mass is 407 g/mol. The van der Waals surface area contributed by atoms with E-state index in [-0.39, 0.29) is 30.8 Å². The molecule has 2 heterocycles. The molecule has 0 aromatic carbocycles. The number of nitrogens with one attached hydrogen (secondary N) is 1. The minimum absolute atomic E-state index is 0. The van der Waals surface area contributed by atoms with Gasteiger partial charge in [0, 0.05) is 24.0 Å². The second-order valence-electron chi connectivity index (χ2n) is 6.61. The molecule has 1 aliphatic heterocycles. The molecule has 2 fully saturated rings. The Hall–Kier alpha value is -0.670. The summed E-state index contributed by atoms with van der Waals surface area (Å²) in [4.78, 5) is 13.0. The summed E-state index contributed by atoms with van der Waals surface area (Å²) in [6, 6.07) is 3.54. The highest BCUT2D eigenvalue weighted by molar-refractivity contribution is 7.91. The van der Waals surface area contributed by atoms with Gasteiger partial charge < -0.3 is 11.1 Å². The maximum atomic E-state index is 12.5. The third-order valence-corrected chi connectivity index (χ3v) is 8.39. The minimum atomic E-state index is -3.39. The molecule has 25 heavy (non-hydrogen) atoms. The molecule has 0 bridgehead atoms. The topological polar surface area (TPSA) is 92.5 Å². The lowest BCUT2D eigenvalue weighted by Gasteiger charge is -2.19. The number of hydrogen-bond donors (Lipinski definition) is 2. The van der Waals surface area contributed by atoms with Crippen molar-refractivity contribution in [2.75, 3.05) is 19.6 Å². The van der Waals surface area contributed by atoms with Crippen molar-refractivity contribution in [3.05, 3.63) is 17.0 Å². The molecule has 0 radical (unpaired) electrons. The molecule has 1 aromatic heterocycles. The van der Waals surface area contributed by atoms with Crippen LogP contribution in [0.1, 0.15) is 37.0 Å². The first kappa shape index (κ1) is 20.6. The molecule has 1 aliphatic carbocycles. The summed E-state index contributed by atoms with van der Waals surface area (Å²) < 4.78 is 26.9. The fourth-order valence-electron chi connectivity index (χ4n) is 3.57. The van der Waals surface area contributed by atoms with Crippen molar-refractivity contribution in [2.45, 2.75) is 48.8 Å². The summed E-state index contributed by atoms with van der Waals surface area (Å²) in [5.41, 5.74) is 5.74. The molecule has 2 atom stereocenters. The van der Waals surface area contributed by atoms with Crippen molar-refractivity contribution in [3.8, 4) is 0 Å². The van der Waals surface area contributed by atoms with Crippen LogP contribution < -0.4 is 11.1 Å². The molecule has 9 heteroatoms. The third-order valence-electron chi connectivity index (χ3n) is 4.94. The number of nitrogens with two attached hydrogens (primary N) is 1. The van der Waals surface area contributed by atoms with Gasteiger partial charge in [-0.25, -0.2) is 8.42 Å². The Balaban J connectivity index is 0.00000225. The molecule has 142 valence electrons. The molecule has 3 rings (SSSR count). The van der Waals surface area contributed by atoms with E-state index >= 15 is 0 Å². The van der Waals surface area contributed by atoms with Gasteiger partial charge in [-0.2, -0.15) is 4.31 Å². The number of thiophene rings is 1. The van der Waals surface area contributed by atoms with E-state index in [0.29, 0.717) is 29.8 Å². The molecule has 3 N–H and O–H groups in total. The van der Waals surface area contributed by atoms with Crippen LogP contribution in [0, 0.1) is 5.92 Å². The second-order valence-corrected chi connectivity index (χ2v) is 9.94. The minimum Gasteiger partial charge on any atom is -0.353 e. The van der Waals surface area contributed by atoms with Crippen LogP contribution in [0.3, 0.4) is 0 Å². The number of nitrogens with zero attached hydrogens (tertiary/aromatic N) is 1. The van der Waals surface area contributed by atoms with Crippen molar-refractivity contribution < 1.29 is 13.2 Å². The van der Waals surface area contributed by atoms with E-state index in [1.807, 2.05) is 0 Å². The van der Waals surface area contributed by atoms with E-state index < -0.39 is 10.0 Å². The maximum Gasteiger partial charge on any atom is 0.252 e. The molecule has 0 spiro atoms. The first-order valence-electron chi connectivity index (χ1n) is 8.59. The molecular formula is C16H26ClN3O3S2. The Labute approximate surface area is 159 Å². The first-order valence-corrected chi connectivity index (χ1v) is 10.8. The molecule has 2 unspecified atom stereocenters. The predicted octanol–water partition coefficient (Wildman–Crippen LogP) is 1.74. The van der Waals surface area contributed by atoms with Crippen molar-refractivity contribution in [1.29, 1.82) is 0 Å². The average molecular weight is 408 g/mol. The highest BCUT2D eigenvalue weighted by atomic mass is 35.5. The number of carbonyl (C=O) groups excluding carboxylic acids is 1. The van der Waals surface area contributed by atoms with Gasteiger partial charge in [-0.15, -0.1) is 23.7 Å². The quantitative estimate of drug-likeness (QED) is 0.751. The van der Waals surface area contributed by atoms with Gasteiger partial charge in [0.25, 0.3) is 10.0 Å².